The third kappa shape index (κ3) is 2.09. The summed E-state index contributed by atoms with van der Waals surface area (Å²) in [6.07, 6.45) is 1.71. The minimum absolute atomic E-state index is 0.170. The van der Waals surface area contributed by atoms with Crippen LogP contribution in [0.5, 0.6) is 0 Å². The van der Waals surface area contributed by atoms with E-state index < -0.39 is 0 Å². The fourth-order valence-electron chi connectivity index (χ4n) is 2.76. The highest BCUT2D eigenvalue weighted by Gasteiger charge is 2.23. The zero-order valence-electron chi connectivity index (χ0n) is 11.6. The maximum atomic E-state index is 11.6. The monoisotopic (exact) mass is 275 g/mol. The van der Waals surface area contributed by atoms with Gasteiger partial charge in [0.25, 0.3) is 0 Å². The van der Waals surface area contributed by atoms with Crippen molar-refractivity contribution in [3.63, 3.8) is 0 Å². The average molecular weight is 275 g/mol. The van der Waals surface area contributed by atoms with E-state index in [1.54, 1.807) is 19.9 Å². The van der Waals surface area contributed by atoms with Crippen molar-refractivity contribution in [1.29, 1.82) is 0 Å². The van der Waals surface area contributed by atoms with Gasteiger partial charge in [0, 0.05) is 25.1 Å². The molecule has 0 amide bonds. The van der Waals surface area contributed by atoms with Crippen molar-refractivity contribution in [2.45, 2.75) is 26.7 Å². The summed E-state index contributed by atoms with van der Waals surface area (Å²) in [5.41, 5.74) is 0.304. The van der Waals surface area contributed by atoms with Gasteiger partial charge < -0.3 is 4.90 Å². The maximum absolute atomic E-state index is 11.6. The Labute approximate surface area is 115 Å². The molecule has 0 spiro atoms. The highest BCUT2D eigenvalue weighted by atomic mass is 16.1. The lowest BCUT2D eigenvalue weighted by Gasteiger charge is -2.31. The fourth-order valence-corrected chi connectivity index (χ4v) is 2.76. The van der Waals surface area contributed by atoms with E-state index >= 15 is 0 Å². The molecule has 2 aromatic rings. The van der Waals surface area contributed by atoms with Gasteiger partial charge in [0.2, 0.25) is 0 Å². The molecule has 7 heteroatoms. The minimum atomic E-state index is -0.271. The number of fused-ring (bicyclic) bond motifs is 1. The molecular formula is C13H17N5O2. The predicted molar refractivity (Wildman–Crippen MR) is 74.0 cm³/mol. The summed E-state index contributed by atoms with van der Waals surface area (Å²) >= 11 is 0. The van der Waals surface area contributed by atoms with Gasteiger partial charge in [0.1, 0.15) is 17.4 Å². The second-order valence-corrected chi connectivity index (χ2v) is 5.26. The third-order valence-corrected chi connectivity index (χ3v) is 3.95. The number of carbonyl (C=O) groups excluding carboxylic acids is 1. The van der Waals surface area contributed by atoms with E-state index in [0.717, 1.165) is 31.7 Å². The zero-order chi connectivity index (χ0) is 14.3. The molecule has 2 aromatic heterocycles. The zero-order valence-corrected chi connectivity index (χ0v) is 11.6. The SMILES string of the molecule is CC(=O)C1CCN(c2cc3n[nH]c(=O)n3c(C)n2)CC1. The number of ketones is 1. The topological polar surface area (TPSA) is 83.4 Å². The van der Waals surface area contributed by atoms with Crippen molar-refractivity contribution in [3.8, 4) is 0 Å². The summed E-state index contributed by atoms with van der Waals surface area (Å²) in [5.74, 6) is 1.87. The molecular weight excluding hydrogens is 258 g/mol. The van der Waals surface area contributed by atoms with Crippen LogP contribution in [0.25, 0.3) is 5.65 Å². The van der Waals surface area contributed by atoms with E-state index in [4.69, 9.17) is 0 Å². The molecule has 0 atom stereocenters. The van der Waals surface area contributed by atoms with E-state index in [-0.39, 0.29) is 17.4 Å². The Hall–Kier alpha value is -2.18. The Morgan fingerprint density at radius 2 is 2.10 bits per heavy atom. The molecule has 0 saturated carbocycles. The first kappa shape index (κ1) is 12.8. The van der Waals surface area contributed by atoms with Gasteiger partial charge in [-0.3, -0.25) is 4.79 Å². The smallest absolute Gasteiger partial charge is 0.349 e. The van der Waals surface area contributed by atoms with Gasteiger partial charge >= 0.3 is 5.69 Å². The Morgan fingerprint density at radius 3 is 2.75 bits per heavy atom. The summed E-state index contributed by atoms with van der Waals surface area (Å²) in [7, 11) is 0. The lowest BCUT2D eigenvalue weighted by atomic mass is 9.93. The van der Waals surface area contributed by atoms with Crippen molar-refractivity contribution in [2.24, 2.45) is 5.92 Å². The van der Waals surface area contributed by atoms with E-state index in [9.17, 15) is 9.59 Å². The van der Waals surface area contributed by atoms with Crippen molar-refractivity contribution >= 4 is 17.2 Å². The van der Waals surface area contributed by atoms with Crippen LogP contribution in [0.3, 0.4) is 0 Å². The number of nitrogens with zero attached hydrogens (tertiary/aromatic N) is 4. The first-order chi connectivity index (χ1) is 9.56. The number of Topliss-reactive ketones (excluding diaryl/α,β-unsaturated/α-hetero) is 1. The Balaban J connectivity index is 1.88. The number of hydrogen-bond donors (Lipinski definition) is 1. The van der Waals surface area contributed by atoms with Crippen LogP contribution in [0.4, 0.5) is 5.82 Å². The summed E-state index contributed by atoms with van der Waals surface area (Å²) < 4.78 is 1.45. The number of carbonyl (C=O) groups is 1. The quantitative estimate of drug-likeness (QED) is 0.864. The second-order valence-electron chi connectivity index (χ2n) is 5.26. The number of aromatic nitrogens is 4. The van der Waals surface area contributed by atoms with Crippen molar-refractivity contribution in [2.75, 3.05) is 18.0 Å². The number of aromatic amines is 1. The molecule has 1 saturated heterocycles. The number of anilines is 1. The molecule has 3 rings (SSSR count). The minimum Gasteiger partial charge on any atom is -0.356 e. The largest absolute Gasteiger partial charge is 0.356 e. The van der Waals surface area contributed by atoms with Crippen LogP contribution in [0.2, 0.25) is 0 Å². The van der Waals surface area contributed by atoms with Gasteiger partial charge in [-0.2, -0.15) is 5.10 Å². The number of rotatable bonds is 2. The number of piperidine rings is 1. The summed E-state index contributed by atoms with van der Waals surface area (Å²) in [6, 6.07) is 1.80. The maximum Gasteiger partial charge on any atom is 0.349 e. The first-order valence-electron chi connectivity index (χ1n) is 6.76. The Morgan fingerprint density at radius 1 is 1.40 bits per heavy atom. The Kier molecular flexibility index (Phi) is 3.04. The molecule has 0 aliphatic carbocycles. The lowest BCUT2D eigenvalue weighted by Crippen LogP contribution is -2.36. The molecule has 106 valence electrons. The number of nitrogens with one attached hydrogen (secondary N) is 1. The molecule has 3 heterocycles. The third-order valence-electron chi connectivity index (χ3n) is 3.95. The van der Waals surface area contributed by atoms with Crippen molar-refractivity contribution < 1.29 is 4.79 Å². The average Bonchev–Trinajstić information content (AvgIpc) is 2.81. The Bertz CT molecular complexity index is 709. The van der Waals surface area contributed by atoms with Gasteiger partial charge in [0.15, 0.2) is 5.65 Å². The highest BCUT2D eigenvalue weighted by molar-refractivity contribution is 5.78. The van der Waals surface area contributed by atoms with Crippen LogP contribution < -0.4 is 10.6 Å². The van der Waals surface area contributed by atoms with E-state index in [1.807, 2.05) is 0 Å². The molecule has 1 aliphatic heterocycles. The molecule has 20 heavy (non-hydrogen) atoms. The molecule has 1 fully saturated rings. The lowest BCUT2D eigenvalue weighted by molar-refractivity contribution is -0.121. The van der Waals surface area contributed by atoms with Crippen LogP contribution in [0, 0.1) is 12.8 Å². The molecule has 0 aromatic carbocycles. The van der Waals surface area contributed by atoms with Crippen molar-refractivity contribution in [3.05, 3.63) is 22.4 Å². The molecule has 1 aliphatic rings. The van der Waals surface area contributed by atoms with Crippen LogP contribution >= 0.6 is 0 Å². The first-order valence-corrected chi connectivity index (χ1v) is 6.76. The number of H-pyrrole nitrogens is 1. The fraction of sp³-hybridized carbons (Fsp3) is 0.538. The standard InChI is InChI=1S/C13H17N5O2/c1-8(19)10-3-5-17(6-4-10)11-7-12-15-16-13(20)18(12)9(2)14-11/h7,10H,3-6H2,1-2H3,(H,16,20). The molecule has 1 N–H and O–H groups in total. The van der Waals surface area contributed by atoms with Crippen LogP contribution in [0.1, 0.15) is 25.6 Å². The van der Waals surface area contributed by atoms with Gasteiger partial charge in [-0.15, -0.1) is 0 Å². The normalized spacial score (nSPS) is 16.8. The van der Waals surface area contributed by atoms with Gasteiger partial charge in [-0.1, -0.05) is 0 Å². The number of aryl methyl sites for hydroxylation is 1. The second kappa shape index (κ2) is 4.73. The summed E-state index contributed by atoms with van der Waals surface area (Å²) in [4.78, 5) is 29.6. The van der Waals surface area contributed by atoms with Crippen LogP contribution in [0.15, 0.2) is 10.9 Å². The van der Waals surface area contributed by atoms with Crippen LogP contribution in [-0.4, -0.2) is 38.5 Å². The van der Waals surface area contributed by atoms with Crippen molar-refractivity contribution in [1.82, 2.24) is 19.6 Å². The highest BCUT2D eigenvalue weighted by Crippen LogP contribution is 2.23. The number of hydrogen-bond acceptors (Lipinski definition) is 5. The van der Waals surface area contributed by atoms with E-state index in [0.29, 0.717) is 11.5 Å². The van der Waals surface area contributed by atoms with E-state index in [1.165, 1.54) is 4.40 Å². The summed E-state index contributed by atoms with van der Waals surface area (Å²) in [5, 5.41) is 6.41. The van der Waals surface area contributed by atoms with Crippen LogP contribution in [-0.2, 0) is 4.79 Å². The van der Waals surface area contributed by atoms with Gasteiger partial charge in [0.05, 0.1) is 0 Å². The molecule has 0 unspecified atom stereocenters. The van der Waals surface area contributed by atoms with E-state index in [2.05, 4.69) is 20.1 Å². The molecule has 0 bridgehead atoms. The van der Waals surface area contributed by atoms with Gasteiger partial charge in [-0.05, 0) is 26.7 Å². The molecule has 0 radical (unpaired) electrons. The van der Waals surface area contributed by atoms with Gasteiger partial charge in [-0.25, -0.2) is 19.3 Å². The summed E-state index contributed by atoms with van der Waals surface area (Å²) in [6.45, 7) is 5.06. The predicted octanol–water partition coefficient (Wildman–Crippen LogP) is 0.531. The molecule has 7 nitrogen and oxygen atoms in total.